The summed E-state index contributed by atoms with van der Waals surface area (Å²) in [6.45, 7) is 2.74. The van der Waals surface area contributed by atoms with Crippen LogP contribution in [0, 0.1) is 5.92 Å². The fourth-order valence-corrected chi connectivity index (χ4v) is 3.49. The van der Waals surface area contributed by atoms with Crippen LogP contribution >= 0.6 is 0 Å². The van der Waals surface area contributed by atoms with Crippen molar-refractivity contribution < 1.29 is 9.53 Å². The van der Waals surface area contributed by atoms with E-state index in [0.29, 0.717) is 24.3 Å². The normalized spacial score (nSPS) is 25.4. The van der Waals surface area contributed by atoms with Crippen LogP contribution in [-0.4, -0.2) is 36.6 Å². The van der Waals surface area contributed by atoms with Crippen LogP contribution in [0.2, 0.25) is 0 Å². The zero-order valence-electron chi connectivity index (χ0n) is 12.7. The van der Waals surface area contributed by atoms with Gasteiger partial charge in [-0.25, -0.2) is 0 Å². The lowest BCUT2D eigenvalue weighted by Crippen LogP contribution is -2.29. The molecule has 0 bridgehead atoms. The van der Waals surface area contributed by atoms with Gasteiger partial charge in [-0.2, -0.15) is 0 Å². The molecule has 0 N–H and O–H groups in total. The molecule has 1 amide bonds. The van der Waals surface area contributed by atoms with Crippen molar-refractivity contribution in [3.8, 4) is 0 Å². The van der Waals surface area contributed by atoms with Crippen molar-refractivity contribution in [1.82, 2.24) is 4.90 Å². The highest BCUT2D eigenvalue weighted by molar-refractivity contribution is 5.76. The van der Waals surface area contributed by atoms with E-state index in [1.807, 2.05) is 0 Å². The molecule has 2 saturated heterocycles. The van der Waals surface area contributed by atoms with Crippen LogP contribution in [0.25, 0.3) is 0 Å². The van der Waals surface area contributed by atoms with E-state index in [1.165, 1.54) is 5.56 Å². The van der Waals surface area contributed by atoms with Gasteiger partial charge in [-0.3, -0.25) is 4.79 Å². The summed E-state index contributed by atoms with van der Waals surface area (Å²) in [4.78, 5) is 14.3. The maximum absolute atomic E-state index is 12.3. The molecule has 21 heavy (non-hydrogen) atoms. The molecule has 1 aromatic rings. The van der Waals surface area contributed by atoms with Gasteiger partial charge in [0.1, 0.15) is 0 Å². The number of likely N-dealkylation sites (tertiary alicyclic amines) is 1. The number of nitrogens with zero attached hydrogens (tertiary/aromatic N) is 1. The number of rotatable bonds is 5. The molecular formula is C18H25NO2. The minimum absolute atomic E-state index is 0.320. The van der Waals surface area contributed by atoms with Gasteiger partial charge in [0.25, 0.3) is 0 Å². The molecule has 0 aromatic heterocycles. The molecule has 2 atom stereocenters. The highest BCUT2D eigenvalue weighted by Crippen LogP contribution is 2.23. The summed E-state index contributed by atoms with van der Waals surface area (Å²) in [5.74, 6) is 0.945. The van der Waals surface area contributed by atoms with Gasteiger partial charge in [-0.1, -0.05) is 30.3 Å². The van der Waals surface area contributed by atoms with Crippen molar-refractivity contribution in [3.63, 3.8) is 0 Å². The summed E-state index contributed by atoms with van der Waals surface area (Å²) in [5, 5.41) is 0. The second-order valence-electron chi connectivity index (χ2n) is 6.36. The summed E-state index contributed by atoms with van der Waals surface area (Å²) in [7, 11) is 0. The Morgan fingerprint density at radius 2 is 2.10 bits per heavy atom. The Morgan fingerprint density at radius 1 is 1.24 bits per heavy atom. The van der Waals surface area contributed by atoms with E-state index in [2.05, 4.69) is 35.2 Å². The van der Waals surface area contributed by atoms with Crippen LogP contribution < -0.4 is 0 Å². The lowest BCUT2D eigenvalue weighted by atomic mass is 9.99. The summed E-state index contributed by atoms with van der Waals surface area (Å²) in [6.07, 6.45) is 6.40. The van der Waals surface area contributed by atoms with E-state index in [0.717, 1.165) is 51.8 Å². The minimum Gasteiger partial charge on any atom is -0.378 e. The Hall–Kier alpha value is -1.35. The van der Waals surface area contributed by atoms with E-state index >= 15 is 0 Å². The summed E-state index contributed by atoms with van der Waals surface area (Å²) in [5.41, 5.74) is 1.39. The van der Waals surface area contributed by atoms with Crippen LogP contribution in [0.15, 0.2) is 30.3 Å². The first-order valence-corrected chi connectivity index (χ1v) is 8.24. The van der Waals surface area contributed by atoms with Crippen molar-refractivity contribution in [2.24, 2.45) is 5.92 Å². The third-order valence-corrected chi connectivity index (χ3v) is 4.71. The number of amides is 1. The Morgan fingerprint density at radius 3 is 2.86 bits per heavy atom. The Balaban J connectivity index is 1.42. The third kappa shape index (κ3) is 4.07. The molecule has 2 fully saturated rings. The van der Waals surface area contributed by atoms with Gasteiger partial charge in [0.15, 0.2) is 0 Å². The molecule has 0 unspecified atom stereocenters. The summed E-state index contributed by atoms with van der Waals surface area (Å²) in [6, 6.07) is 10.6. The SMILES string of the molecule is O=C(CC[C@@H]1CCCO1)N1CC[C@@H](Cc2ccccc2)C1. The van der Waals surface area contributed by atoms with Gasteiger partial charge >= 0.3 is 0 Å². The van der Waals surface area contributed by atoms with Crippen LogP contribution in [0.5, 0.6) is 0 Å². The van der Waals surface area contributed by atoms with Crippen LogP contribution in [0.4, 0.5) is 0 Å². The molecule has 3 nitrogen and oxygen atoms in total. The standard InChI is InChI=1S/C18H25NO2/c20-18(9-8-17-7-4-12-21-17)19-11-10-16(14-19)13-15-5-2-1-3-6-15/h1-3,5-6,16-17H,4,7-14H2/t16-,17-/m0/s1. The Kier molecular flexibility index (Phi) is 4.91. The molecule has 0 aliphatic carbocycles. The molecule has 0 saturated carbocycles. The number of ether oxygens (including phenoxy) is 1. The monoisotopic (exact) mass is 287 g/mol. The average molecular weight is 287 g/mol. The van der Waals surface area contributed by atoms with E-state index in [1.54, 1.807) is 0 Å². The van der Waals surface area contributed by atoms with Gasteiger partial charge in [0, 0.05) is 26.1 Å². The van der Waals surface area contributed by atoms with E-state index in [4.69, 9.17) is 4.74 Å². The fourth-order valence-electron chi connectivity index (χ4n) is 3.49. The predicted molar refractivity (Wildman–Crippen MR) is 83.0 cm³/mol. The molecule has 1 aromatic carbocycles. The van der Waals surface area contributed by atoms with Crippen molar-refractivity contribution in [2.45, 2.75) is 44.6 Å². The number of hydrogen-bond acceptors (Lipinski definition) is 2. The molecule has 2 aliphatic rings. The molecule has 3 heteroatoms. The first kappa shape index (κ1) is 14.6. The molecule has 3 rings (SSSR count). The molecule has 0 radical (unpaired) electrons. The number of carbonyl (C=O) groups excluding carboxylic acids is 1. The first-order chi connectivity index (χ1) is 10.3. The molecule has 2 aliphatic heterocycles. The minimum atomic E-state index is 0.320. The van der Waals surface area contributed by atoms with Crippen molar-refractivity contribution >= 4 is 5.91 Å². The second kappa shape index (κ2) is 7.08. The summed E-state index contributed by atoms with van der Waals surface area (Å²) >= 11 is 0. The van der Waals surface area contributed by atoms with E-state index in [-0.39, 0.29) is 0 Å². The number of benzene rings is 1. The molecule has 114 valence electrons. The number of hydrogen-bond donors (Lipinski definition) is 0. The maximum atomic E-state index is 12.3. The highest BCUT2D eigenvalue weighted by Gasteiger charge is 2.27. The first-order valence-electron chi connectivity index (χ1n) is 8.24. The van der Waals surface area contributed by atoms with Gasteiger partial charge in [0.2, 0.25) is 5.91 Å². The van der Waals surface area contributed by atoms with Gasteiger partial charge in [-0.15, -0.1) is 0 Å². The van der Waals surface area contributed by atoms with E-state index < -0.39 is 0 Å². The van der Waals surface area contributed by atoms with Crippen molar-refractivity contribution in [2.75, 3.05) is 19.7 Å². The summed E-state index contributed by atoms with van der Waals surface area (Å²) < 4.78 is 5.60. The molecule has 2 heterocycles. The topological polar surface area (TPSA) is 29.5 Å². The van der Waals surface area contributed by atoms with Crippen molar-refractivity contribution in [1.29, 1.82) is 0 Å². The lowest BCUT2D eigenvalue weighted by Gasteiger charge is -2.18. The third-order valence-electron chi connectivity index (χ3n) is 4.71. The largest absolute Gasteiger partial charge is 0.378 e. The molecule has 0 spiro atoms. The second-order valence-corrected chi connectivity index (χ2v) is 6.36. The van der Waals surface area contributed by atoms with Gasteiger partial charge in [-0.05, 0) is 43.6 Å². The highest BCUT2D eigenvalue weighted by atomic mass is 16.5. The fraction of sp³-hybridized carbons (Fsp3) is 0.611. The van der Waals surface area contributed by atoms with Crippen LogP contribution in [-0.2, 0) is 16.0 Å². The maximum Gasteiger partial charge on any atom is 0.222 e. The number of carbonyl (C=O) groups is 1. The lowest BCUT2D eigenvalue weighted by molar-refractivity contribution is -0.130. The van der Waals surface area contributed by atoms with Gasteiger partial charge in [0.05, 0.1) is 6.10 Å². The van der Waals surface area contributed by atoms with Crippen molar-refractivity contribution in [3.05, 3.63) is 35.9 Å². The Labute approximate surface area is 127 Å². The van der Waals surface area contributed by atoms with E-state index in [9.17, 15) is 4.79 Å². The Bertz CT molecular complexity index is 454. The van der Waals surface area contributed by atoms with Gasteiger partial charge < -0.3 is 9.64 Å². The average Bonchev–Trinajstić information content (AvgIpc) is 3.17. The van der Waals surface area contributed by atoms with Crippen LogP contribution in [0.3, 0.4) is 0 Å². The smallest absolute Gasteiger partial charge is 0.222 e. The quantitative estimate of drug-likeness (QED) is 0.833. The zero-order valence-corrected chi connectivity index (χ0v) is 12.7. The molecular weight excluding hydrogens is 262 g/mol. The predicted octanol–water partition coefficient (Wildman–Crippen LogP) is 3.04. The zero-order chi connectivity index (χ0) is 14.5. The van der Waals surface area contributed by atoms with Crippen LogP contribution in [0.1, 0.15) is 37.7 Å².